The summed E-state index contributed by atoms with van der Waals surface area (Å²) in [4.78, 5) is 20.2. The van der Waals surface area contributed by atoms with Gasteiger partial charge in [-0.25, -0.2) is 19.3 Å². The van der Waals surface area contributed by atoms with Crippen LogP contribution in [0.25, 0.3) is 22.2 Å². The predicted molar refractivity (Wildman–Crippen MR) is 148 cm³/mol. The first-order valence-electron chi connectivity index (χ1n) is 13.5. The zero-order valence-corrected chi connectivity index (χ0v) is 22.4. The summed E-state index contributed by atoms with van der Waals surface area (Å²) in [6.07, 6.45) is 2.99. The van der Waals surface area contributed by atoms with Gasteiger partial charge in [-0.3, -0.25) is 0 Å². The van der Waals surface area contributed by atoms with E-state index in [9.17, 15) is 4.39 Å². The molecule has 0 saturated heterocycles. The summed E-state index contributed by atoms with van der Waals surface area (Å²) in [5.41, 5.74) is 8.02. The molecule has 2 aromatic carbocycles. The number of fused-ring (bicyclic) bond motifs is 3. The number of halogens is 1. The molecule has 0 bridgehead atoms. The standard InChI is InChI=1S/C30H35FN6O/c1-19-33-25-6-4-21(15-26(25)34-19)20-5-7-27-22(14-20)18-37(12-13-38-27)29-23-16-30(2,3)9-8-24(23)35-28(36-29)17-32-11-10-31/h4-7,14-15,32H,8-13,16-18H2,1-3H3,(H,33,34). The first-order valence-corrected chi connectivity index (χ1v) is 13.5. The molecule has 0 unspecified atom stereocenters. The van der Waals surface area contributed by atoms with Crippen LogP contribution in [-0.4, -0.2) is 46.3 Å². The van der Waals surface area contributed by atoms with E-state index in [-0.39, 0.29) is 5.41 Å². The van der Waals surface area contributed by atoms with Crippen molar-refractivity contribution in [2.45, 2.75) is 53.1 Å². The van der Waals surface area contributed by atoms with Gasteiger partial charge in [0.2, 0.25) is 0 Å². The van der Waals surface area contributed by atoms with Gasteiger partial charge >= 0.3 is 0 Å². The fourth-order valence-corrected chi connectivity index (χ4v) is 5.66. The highest BCUT2D eigenvalue weighted by Gasteiger charge is 2.31. The van der Waals surface area contributed by atoms with E-state index in [4.69, 9.17) is 14.7 Å². The van der Waals surface area contributed by atoms with E-state index in [1.54, 1.807) is 0 Å². The van der Waals surface area contributed by atoms with Crippen LogP contribution in [-0.2, 0) is 25.9 Å². The fraction of sp³-hybridized carbons (Fsp3) is 0.433. The Morgan fingerprint density at radius 2 is 1.95 bits per heavy atom. The van der Waals surface area contributed by atoms with Crippen LogP contribution in [0.2, 0.25) is 0 Å². The summed E-state index contributed by atoms with van der Waals surface area (Å²) in [7, 11) is 0. The second-order valence-electron chi connectivity index (χ2n) is 11.2. The van der Waals surface area contributed by atoms with Gasteiger partial charge < -0.3 is 19.9 Å². The number of imidazole rings is 1. The third-order valence-electron chi connectivity index (χ3n) is 7.64. The number of benzene rings is 2. The normalized spacial score (nSPS) is 16.6. The summed E-state index contributed by atoms with van der Waals surface area (Å²) in [6, 6.07) is 12.8. The lowest BCUT2D eigenvalue weighted by atomic mass is 9.76. The minimum absolute atomic E-state index is 0.205. The molecule has 0 radical (unpaired) electrons. The first-order chi connectivity index (χ1) is 18.4. The Morgan fingerprint density at radius 3 is 2.82 bits per heavy atom. The SMILES string of the molecule is Cc1nc2ccc(-c3ccc4c(c3)CN(c3nc(CNCCF)nc5c3CC(C)(C)CC5)CCO4)cc2[nH]1. The van der Waals surface area contributed by atoms with Crippen molar-refractivity contribution < 1.29 is 9.13 Å². The van der Waals surface area contributed by atoms with Gasteiger partial charge in [-0.05, 0) is 67.0 Å². The highest BCUT2D eigenvalue weighted by atomic mass is 19.1. The maximum Gasteiger partial charge on any atom is 0.144 e. The van der Waals surface area contributed by atoms with Crippen LogP contribution >= 0.6 is 0 Å². The second kappa shape index (κ2) is 9.98. The molecular formula is C30H35FN6O. The van der Waals surface area contributed by atoms with E-state index in [0.717, 1.165) is 82.4 Å². The van der Waals surface area contributed by atoms with Crippen molar-refractivity contribution in [1.29, 1.82) is 0 Å². The number of aromatic amines is 1. The maximum atomic E-state index is 12.7. The minimum atomic E-state index is -0.401. The number of ether oxygens (including phenoxy) is 1. The number of alkyl halides is 1. The largest absolute Gasteiger partial charge is 0.491 e. The number of hydrogen-bond acceptors (Lipinski definition) is 6. The molecule has 2 aromatic heterocycles. The van der Waals surface area contributed by atoms with Crippen LogP contribution in [0.5, 0.6) is 5.75 Å². The van der Waals surface area contributed by atoms with Gasteiger partial charge in [-0.15, -0.1) is 0 Å². The average molecular weight is 515 g/mol. The van der Waals surface area contributed by atoms with E-state index in [1.807, 2.05) is 6.92 Å². The van der Waals surface area contributed by atoms with Gasteiger partial charge in [0.25, 0.3) is 0 Å². The molecule has 0 saturated carbocycles. The molecule has 3 heterocycles. The summed E-state index contributed by atoms with van der Waals surface area (Å²) in [5, 5.41) is 3.12. The molecule has 2 N–H and O–H groups in total. The molecule has 0 amide bonds. The number of anilines is 1. The molecule has 198 valence electrons. The molecule has 0 atom stereocenters. The smallest absolute Gasteiger partial charge is 0.144 e. The fourth-order valence-electron chi connectivity index (χ4n) is 5.66. The van der Waals surface area contributed by atoms with Crippen LogP contribution in [0.1, 0.15) is 48.7 Å². The van der Waals surface area contributed by atoms with Crippen molar-refractivity contribution in [3.05, 3.63) is 64.9 Å². The molecule has 38 heavy (non-hydrogen) atoms. The highest BCUT2D eigenvalue weighted by molar-refractivity contribution is 5.82. The molecule has 1 aliphatic heterocycles. The number of aromatic nitrogens is 4. The molecule has 4 aromatic rings. The first kappa shape index (κ1) is 24.8. The van der Waals surface area contributed by atoms with E-state index in [2.05, 4.69) is 70.4 Å². The van der Waals surface area contributed by atoms with Crippen LogP contribution < -0.4 is 15.0 Å². The van der Waals surface area contributed by atoms with Gasteiger partial charge in [-0.2, -0.15) is 0 Å². The van der Waals surface area contributed by atoms with Crippen LogP contribution in [0, 0.1) is 12.3 Å². The number of H-pyrrole nitrogens is 1. The van der Waals surface area contributed by atoms with Gasteiger partial charge in [-0.1, -0.05) is 26.0 Å². The lowest BCUT2D eigenvalue weighted by Gasteiger charge is -2.34. The Kier molecular flexibility index (Phi) is 6.51. The lowest BCUT2D eigenvalue weighted by molar-refractivity contribution is 0.310. The number of rotatable bonds is 6. The van der Waals surface area contributed by atoms with Crippen LogP contribution in [0.4, 0.5) is 10.2 Å². The minimum Gasteiger partial charge on any atom is -0.491 e. The van der Waals surface area contributed by atoms with Crippen molar-refractivity contribution in [2.24, 2.45) is 5.41 Å². The molecule has 8 heteroatoms. The van der Waals surface area contributed by atoms with Crippen molar-refractivity contribution in [1.82, 2.24) is 25.3 Å². The monoisotopic (exact) mass is 514 g/mol. The van der Waals surface area contributed by atoms with E-state index < -0.39 is 6.67 Å². The summed E-state index contributed by atoms with van der Waals surface area (Å²) in [6.45, 7) is 9.02. The third-order valence-corrected chi connectivity index (χ3v) is 7.64. The van der Waals surface area contributed by atoms with E-state index in [1.165, 1.54) is 5.56 Å². The zero-order chi connectivity index (χ0) is 26.3. The van der Waals surface area contributed by atoms with Crippen molar-refractivity contribution in [2.75, 3.05) is 31.3 Å². The average Bonchev–Trinajstić information content (AvgIpc) is 3.14. The summed E-state index contributed by atoms with van der Waals surface area (Å²) in [5.74, 6) is 3.56. The molecule has 1 aliphatic carbocycles. The lowest BCUT2D eigenvalue weighted by Crippen LogP contribution is -2.32. The number of hydrogen-bond donors (Lipinski definition) is 2. The highest BCUT2D eigenvalue weighted by Crippen LogP contribution is 2.39. The number of nitrogens with one attached hydrogen (secondary N) is 2. The van der Waals surface area contributed by atoms with Crippen molar-refractivity contribution >= 4 is 16.9 Å². The van der Waals surface area contributed by atoms with Crippen LogP contribution in [0.3, 0.4) is 0 Å². The van der Waals surface area contributed by atoms with Crippen molar-refractivity contribution in [3.63, 3.8) is 0 Å². The second-order valence-corrected chi connectivity index (χ2v) is 11.2. The quantitative estimate of drug-likeness (QED) is 0.340. The molecular weight excluding hydrogens is 479 g/mol. The molecule has 7 nitrogen and oxygen atoms in total. The Balaban J connectivity index is 1.36. The van der Waals surface area contributed by atoms with E-state index in [0.29, 0.717) is 26.2 Å². The topological polar surface area (TPSA) is 79.0 Å². The third kappa shape index (κ3) is 4.97. The van der Waals surface area contributed by atoms with Gasteiger partial charge in [0.15, 0.2) is 0 Å². The molecule has 0 spiro atoms. The Morgan fingerprint density at radius 1 is 1.11 bits per heavy atom. The van der Waals surface area contributed by atoms with E-state index >= 15 is 0 Å². The van der Waals surface area contributed by atoms with Gasteiger partial charge in [0.1, 0.15) is 36.5 Å². The van der Waals surface area contributed by atoms with Crippen molar-refractivity contribution in [3.8, 4) is 16.9 Å². The van der Waals surface area contributed by atoms with Crippen LogP contribution in [0.15, 0.2) is 36.4 Å². The maximum absolute atomic E-state index is 12.7. The summed E-state index contributed by atoms with van der Waals surface area (Å²) < 4.78 is 18.9. The molecule has 0 fully saturated rings. The van der Waals surface area contributed by atoms with Gasteiger partial charge in [0.05, 0.1) is 24.1 Å². The Labute approximate surface area is 222 Å². The zero-order valence-electron chi connectivity index (χ0n) is 22.4. The number of aryl methyl sites for hydroxylation is 2. The predicted octanol–water partition coefficient (Wildman–Crippen LogP) is 5.30. The molecule has 6 rings (SSSR count). The Bertz CT molecular complexity index is 1480. The summed E-state index contributed by atoms with van der Waals surface area (Å²) >= 11 is 0. The number of nitrogens with zero attached hydrogens (tertiary/aromatic N) is 4. The Hall–Kier alpha value is -3.52. The molecule has 2 aliphatic rings. The van der Waals surface area contributed by atoms with Gasteiger partial charge in [0, 0.05) is 29.9 Å².